The van der Waals surface area contributed by atoms with E-state index in [0.29, 0.717) is 32.7 Å². The van der Waals surface area contributed by atoms with E-state index in [1.54, 1.807) is 42.5 Å². The molecule has 0 aliphatic rings. The van der Waals surface area contributed by atoms with Gasteiger partial charge in [-0.3, -0.25) is 14.9 Å². The summed E-state index contributed by atoms with van der Waals surface area (Å²) in [5.74, 6) is 0.532. The molecule has 0 radical (unpaired) electrons. The van der Waals surface area contributed by atoms with Crippen molar-refractivity contribution in [3.05, 3.63) is 86.4 Å². The fraction of sp³-hybridized carbons (Fsp3) is 0.0833. The number of nitrogens with zero attached hydrogens (tertiary/aromatic N) is 2. The average molecular weight is 496 g/mol. The van der Waals surface area contributed by atoms with Crippen molar-refractivity contribution < 1.29 is 19.2 Å². The second-order valence-electron chi connectivity index (χ2n) is 7.02. The largest absolute Gasteiger partial charge is 0.493 e. The lowest BCUT2D eigenvalue weighted by atomic mass is 10.2. The minimum Gasteiger partial charge on any atom is -0.493 e. The summed E-state index contributed by atoms with van der Waals surface area (Å²) in [6.45, 7) is -0.214. The normalized spacial score (nSPS) is 11.0. The van der Waals surface area contributed by atoms with Gasteiger partial charge in [0, 0.05) is 12.1 Å². The maximum Gasteiger partial charge on any atom is 0.270 e. The van der Waals surface area contributed by atoms with E-state index in [9.17, 15) is 14.9 Å². The Kier molecular flexibility index (Phi) is 7.05. The second-order valence-corrected chi connectivity index (χ2v) is 8.49. The summed E-state index contributed by atoms with van der Waals surface area (Å²) >= 11 is 7.42. The third kappa shape index (κ3) is 5.51. The van der Waals surface area contributed by atoms with Crippen LogP contribution < -0.4 is 14.8 Å². The average Bonchev–Trinajstić information content (AvgIpc) is 3.25. The number of non-ortho nitro benzene ring substituents is 1. The molecule has 0 aliphatic carbocycles. The molecule has 0 unspecified atom stereocenters. The lowest BCUT2D eigenvalue weighted by Crippen LogP contribution is -2.20. The predicted molar refractivity (Wildman–Crippen MR) is 134 cm³/mol. The van der Waals surface area contributed by atoms with Crippen molar-refractivity contribution in [2.75, 3.05) is 19.0 Å². The van der Waals surface area contributed by atoms with Crippen molar-refractivity contribution in [2.45, 2.75) is 0 Å². The number of methoxy groups -OCH3 is 1. The third-order valence-electron chi connectivity index (χ3n) is 4.71. The van der Waals surface area contributed by atoms with Crippen molar-refractivity contribution in [1.82, 2.24) is 4.98 Å². The van der Waals surface area contributed by atoms with Gasteiger partial charge in [-0.05, 0) is 42.0 Å². The SMILES string of the molecule is COc1cc(C=Cc2nc3ccc([N+](=O)[O-])cc3s2)ccc1OCC(=O)Nc1ccccc1Cl. The van der Waals surface area contributed by atoms with Crippen LogP contribution in [0.2, 0.25) is 5.02 Å². The van der Waals surface area contributed by atoms with E-state index in [1.807, 2.05) is 18.2 Å². The van der Waals surface area contributed by atoms with Crippen LogP contribution in [0.25, 0.3) is 22.4 Å². The Hall–Kier alpha value is -3.95. The number of para-hydroxylation sites is 1. The molecule has 1 N–H and O–H groups in total. The molecule has 1 amide bonds. The standard InChI is InChI=1S/C24H18ClN3O5S/c1-32-21-12-15(7-11-24-27-19-9-8-16(28(30)31)13-22(19)34-24)6-10-20(21)33-14-23(29)26-18-5-3-2-4-17(18)25/h2-13H,14H2,1H3,(H,26,29). The number of ether oxygens (including phenoxy) is 2. The fourth-order valence-corrected chi connectivity index (χ4v) is 4.17. The molecule has 1 heterocycles. The summed E-state index contributed by atoms with van der Waals surface area (Å²) in [7, 11) is 1.51. The predicted octanol–water partition coefficient (Wildman–Crippen LogP) is 6.05. The van der Waals surface area contributed by atoms with Gasteiger partial charge < -0.3 is 14.8 Å². The fourth-order valence-electron chi connectivity index (χ4n) is 3.08. The van der Waals surface area contributed by atoms with Crippen molar-refractivity contribution in [3.8, 4) is 11.5 Å². The van der Waals surface area contributed by atoms with Crippen LogP contribution in [0.1, 0.15) is 10.6 Å². The van der Waals surface area contributed by atoms with E-state index < -0.39 is 4.92 Å². The van der Waals surface area contributed by atoms with E-state index in [2.05, 4.69) is 10.3 Å². The first-order valence-electron chi connectivity index (χ1n) is 10.0. The van der Waals surface area contributed by atoms with Crippen LogP contribution in [-0.2, 0) is 4.79 Å². The minimum absolute atomic E-state index is 0.0348. The first kappa shape index (κ1) is 23.2. The van der Waals surface area contributed by atoms with Gasteiger partial charge in [0.15, 0.2) is 18.1 Å². The number of amides is 1. The van der Waals surface area contributed by atoms with Gasteiger partial charge in [-0.1, -0.05) is 35.9 Å². The molecule has 4 aromatic rings. The van der Waals surface area contributed by atoms with Crippen molar-refractivity contribution >= 4 is 62.6 Å². The van der Waals surface area contributed by atoms with Gasteiger partial charge in [-0.15, -0.1) is 11.3 Å². The molecule has 0 saturated carbocycles. The molecule has 0 saturated heterocycles. The Balaban J connectivity index is 1.43. The molecule has 34 heavy (non-hydrogen) atoms. The number of nitrogens with one attached hydrogen (secondary N) is 1. The van der Waals surface area contributed by atoms with Crippen molar-refractivity contribution in [3.63, 3.8) is 0 Å². The van der Waals surface area contributed by atoms with Gasteiger partial charge in [0.25, 0.3) is 11.6 Å². The van der Waals surface area contributed by atoms with Gasteiger partial charge in [0.05, 0.1) is 33.0 Å². The molecule has 1 aromatic heterocycles. The molecule has 0 spiro atoms. The molecule has 0 fully saturated rings. The van der Waals surface area contributed by atoms with Crippen molar-refractivity contribution in [1.29, 1.82) is 0 Å². The summed E-state index contributed by atoms with van der Waals surface area (Å²) in [6.07, 6.45) is 3.67. The number of thiazole rings is 1. The van der Waals surface area contributed by atoms with E-state index in [1.165, 1.54) is 30.6 Å². The quantitative estimate of drug-likeness (QED) is 0.235. The number of benzene rings is 3. The summed E-state index contributed by atoms with van der Waals surface area (Å²) in [4.78, 5) is 27.2. The highest BCUT2D eigenvalue weighted by molar-refractivity contribution is 7.19. The van der Waals surface area contributed by atoms with Gasteiger partial charge in [0.2, 0.25) is 0 Å². The monoisotopic (exact) mass is 495 g/mol. The number of halogens is 1. The lowest BCUT2D eigenvalue weighted by Gasteiger charge is -2.12. The molecule has 8 nitrogen and oxygen atoms in total. The van der Waals surface area contributed by atoms with E-state index in [4.69, 9.17) is 21.1 Å². The van der Waals surface area contributed by atoms with Gasteiger partial charge in [-0.25, -0.2) is 4.98 Å². The molecule has 10 heteroatoms. The van der Waals surface area contributed by atoms with E-state index in [-0.39, 0.29) is 18.2 Å². The summed E-state index contributed by atoms with van der Waals surface area (Å²) in [5.41, 5.74) is 2.07. The van der Waals surface area contributed by atoms with Crippen LogP contribution in [0.4, 0.5) is 11.4 Å². The Bertz CT molecular complexity index is 1400. The first-order valence-corrected chi connectivity index (χ1v) is 11.2. The number of nitro groups is 1. The van der Waals surface area contributed by atoms with Gasteiger partial charge in [0.1, 0.15) is 5.01 Å². The maximum absolute atomic E-state index is 12.2. The second kappa shape index (κ2) is 10.3. The Labute approximate surface area is 203 Å². The molecule has 0 bridgehead atoms. The van der Waals surface area contributed by atoms with Crippen LogP contribution in [0.3, 0.4) is 0 Å². The molecule has 0 aliphatic heterocycles. The number of aromatic nitrogens is 1. The van der Waals surface area contributed by atoms with Crippen LogP contribution >= 0.6 is 22.9 Å². The zero-order valence-electron chi connectivity index (χ0n) is 17.9. The van der Waals surface area contributed by atoms with Crippen LogP contribution in [-0.4, -0.2) is 29.5 Å². The smallest absolute Gasteiger partial charge is 0.270 e. The molecule has 3 aromatic carbocycles. The highest BCUT2D eigenvalue weighted by Crippen LogP contribution is 2.30. The zero-order chi connectivity index (χ0) is 24.1. The highest BCUT2D eigenvalue weighted by atomic mass is 35.5. The van der Waals surface area contributed by atoms with Gasteiger partial charge in [-0.2, -0.15) is 0 Å². The van der Waals surface area contributed by atoms with Crippen LogP contribution in [0.5, 0.6) is 11.5 Å². The molecule has 172 valence electrons. The minimum atomic E-state index is -0.426. The molecular formula is C24H18ClN3O5S. The third-order valence-corrected chi connectivity index (χ3v) is 6.03. The first-order chi connectivity index (χ1) is 16.4. The summed E-state index contributed by atoms with van der Waals surface area (Å²) in [6, 6.07) is 16.8. The number of anilines is 1. The zero-order valence-corrected chi connectivity index (χ0v) is 19.4. The van der Waals surface area contributed by atoms with Crippen molar-refractivity contribution in [2.24, 2.45) is 0 Å². The Morgan fingerprint density at radius 1 is 1.15 bits per heavy atom. The summed E-state index contributed by atoms with van der Waals surface area (Å²) in [5, 5.41) is 14.8. The van der Waals surface area contributed by atoms with Crippen LogP contribution in [0.15, 0.2) is 60.7 Å². The number of fused-ring (bicyclic) bond motifs is 1. The number of hydrogen-bond donors (Lipinski definition) is 1. The van der Waals surface area contributed by atoms with E-state index >= 15 is 0 Å². The van der Waals surface area contributed by atoms with Crippen LogP contribution in [0, 0.1) is 10.1 Å². The number of hydrogen-bond acceptors (Lipinski definition) is 7. The number of nitro benzene ring substituents is 1. The highest BCUT2D eigenvalue weighted by Gasteiger charge is 2.11. The van der Waals surface area contributed by atoms with E-state index in [0.717, 1.165) is 10.3 Å². The number of carbonyl (C=O) groups excluding carboxylic acids is 1. The molecule has 4 rings (SSSR count). The molecular weight excluding hydrogens is 478 g/mol. The number of carbonyl (C=O) groups is 1. The van der Waals surface area contributed by atoms with Gasteiger partial charge >= 0.3 is 0 Å². The summed E-state index contributed by atoms with van der Waals surface area (Å²) < 4.78 is 11.8. The Morgan fingerprint density at radius 3 is 2.74 bits per heavy atom. The molecule has 0 atom stereocenters. The Morgan fingerprint density at radius 2 is 1.97 bits per heavy atom. The number of rotatable bonds is 8. The maximum atomic E-state index is 12.2. The lowest BCUT2D eigenvalue weighted by molar-refractivity contribution is -0.384. The topological polar surface area (TPSA) is 104 Å².